The van der Waals surface area contributed by atoms with Crippen LogP contribution in [0.25, 0.3) is 0 Å². The van der Waals surface area contributed by atoms with Crippen LogP contribution in [-0.4, -0.2) is 17.6 Å². The van der Waals surface area contributed by atoms with Gasteiger partial charge in [-0.3, -0.25) is 0 Å². The van der Waals surface area contributed by atoms with Gasteiger partial charge in [-0.25, -0.2) is 4.39 Å². The van der Waals surface area contributed by atoms with Gasteiger partial charge in [-0.15, -0.1) is 0 Å². The van der Waals surface area contributed by atoms with Crippen LogP contribution in [0.5, 0.6) is 0 Å². The van der Waals surface area contributed by atoms with Crippen molar-refractivity contribution in [3.63, 3.8) is 0 Å². The van der Waals surface area contributed by atoms with Crippen LogP contribution >= 0.6 is 28.1 Å². The number of anilines is 1. The number of hydrogen-bond donors (Lipinski definition) is 1. The van der Waals surface area contributed by atoms with E-state index in [1.54, 1.807) is 12.1 Å². The molecule has 1 aromatic rings. The number of hydrogen-bond acceptors (Lipinski definition) is 2. The number of rotatable bonds is 4. The van der Waals surface area contributed by atoms with Gasteiger partial charge in [0.2, 0.25) is 0 Å². The lowest BCUT2D eigenvalue weighted by Gasteiger charge is -2.37. The largest absolute Gasteiger partial charge is 0.389 e. The van der Waals surface area contributed by atoms with Crippen molar-refractivity contribution in [3.05, 3.63) is 28.0 Å². The maximum absolute atomic E-state index is 14.3. The highest BCUT2D eigenvalue weighted by Gasteiger charge is 2.25. The van der Waals surface area contributed by atoms with Gasteiger partial charge in [0, 0.05) is 18.2 Å². The standard InChI is InChI=1S/C13H18BrFN2S/c1-5-13(2,3)17(4)9-7-6-8(12(16)18)10(14)11(9)15/h6-7H,5H2,1-4H3,(H2,16,18). The summed E-state index contributed by atoms with van der Waals surface area (Å²) in [6.45, 7) is 6.22. The molecule has 0 spiro atoms. The zero-order valence-electron chi connectivity index (χ0n) is 11.1. The van der Waals surface area contributed by atoms with Crippen molar-refractivity contribution in [2.75, 3.05) is 11.9 Å². The predicted molar refractivity (Wildman–Crippen MR) is 82.8 cm³/mol. The first kappa shape index (κ1) is 15.4. The number of thiocarbonyl (C=S) groups is 1. The van der Waals surface area contributed by atoms with E-state index >= 15 is 0 Å². The highest BCUT2D eigenvalue weighted by atomic mass is 79.9. The quantitative estimate of drug-likeness (QED) is 0.849. The third-order valence-corrected chi connectivity index (χ3v) is 4.46. The van der Waals surface area contributed by atoms with E-state index in [9.17, 15) is 4.39 Å². The van der Waals surface area contributed by atoms with Gasteiger partial charge >= 0.3 is 0 Å². The Labute approximate surface area is 121 Å². The van der Waals surface area contributed by atoms with Crippen molar-refractivity contribution in [1.82, 2.24) is 0 Å². The summed E-state index contributed by atoms with van der Waals surface area (Å²) in [7, 11) is 1.88. The summed E-state index contributed by atoms with van der Waals surface area (Å²) in [5, 5.41) is 0. The van der Waals surface area contributed by atoms with Crippen molar-refractivity contribution in [1.29, 1.82) is 0 Å². The molecule has 0 aliphatic rings. The molecule has 0 aliphatic carbocycles. The number of benzene rings is 1. The van der Waals surface area contributed by atoms with Gasteiger partial charge in [-0.2, -0.15) is 0 Å². The molecule has 0 saturated carbocycles. The van der Waals surface area contributed by atoms with E-state index in [4.69, 9.17) is 18.0 Å². The molecule has 2 N–H and O–H groups in total. The van der Waals surface area contributed by atoms with Crippen LogP contribution in [0, 0.1) is 5.82 Å². The molecule has 0 unspecified atom stereocenters. The van der Waals surface area contributed by atoms with Crippen LogP contribution < -0.4 is 10.6 Å². The third kappa shape index (κ3) is 2.83. The molecule has 18 heavy (non-hydrogen) atoms. The average Bonchev–Trinajstić information content (AvgIpc) is 2.31. The topological polar surface area (TPSA) is 29.3 Å². The summed E-state index contributed by atoms with van der Waals surface area (Å²) in [4.78, 5) is 2.11. The number of nitrogens with two attached hydrogens (primary N) is 1. The van der Waals surface area contributed by atoms with Crippen LogP contribution in [0.1, 0.15) is 32.8 Å². The van der Waals surface area contributed by atoms with Gasteiger partial charge in [0.05, 0.1) is 10.2 Å². The van der Waals surface area contributed by atoms with E-state index in [-0.39, 0.29) is 16.3 Å². The first-order valence-corrected chi connectivity index (χ1v) is 6.94. The summed E-state index contributed by atoms with van der Waals surface area (Å²) in [5.74, 6) is -0.329. The first-order chi connectivity index (χ1) is 8.22. The maximum Gasteiger partial charge on any atom is 0.161 e. The fourth-order valence-electron chi connectivity index (χ4n) is 1.55. The fourth-order valence-corrected chi connectivity index (χ4v) is 2.40. The summed E-state index contributed by atoms with van der Waals surface area (Å²) in [5.41, 5.74) is 6.48. The van der Waals surface area contributed by atoms with Crippen LogP contribution in [0.15, 0.2) is 16.6 Å². The molecule has 0 heterocycles. The SMILES string of the molecule is CCC(C)(C)N(C)c1ccc(C(N)=S)c(Br)c1F. The minimum atomic E-state index is -0.329. The molecule has 100 valence electrons. The monoisotopic (exact) mass is 332 g/mol. The van der Waals surface area contributed by atoms with E-state index in [1.807, 2.05) is 11.9 Å². The molecule has 0 atom stereocenters. The Kier molecular flexibility index (Phi) is 4.72. The van der Waals surface area contributed by atoms with Gasteiger partial charge in [-0.05, 0) is 48.3 Å². The molecule has 5 heteroatoms. The van der Waals surface area contributed by atoms with E-state index in [0.29, 0.717) is 15.7 Å². The molecule has 0 aliphatic heterocycles. The molecule has 0 saturated heterocycles. The van der Waals surface area contributed by atoms with Crippen molar-refractivity contribution in [3.8, 4) is 0 Å². The van der Waals surface area contributed by atoms with Crippen molar-refractivity contribution < 1.29 is 4.39 Å². The Hall–Kier alpha value is -0.680. The van der Waals surface area contributed by atoms with E-state index in [0.717, 1.165) is 6.42 Å². The lowest BCUT2D eigenvalue weighted by molar-refractivity contribution is 0.462. The second kappa shape index (κ2) is 5.53. The van der Waals surface area contributed by atoms with Gasteiger partial charge in [0.15, 0.2) is 5.82 Å². The zero-order valence-corrected chi connectivity index (χ0v) is 13.5. The van der Waals surface area contributed by atoms with Gasteiger partial charge in [0.25, 0.3) is 0 Å². The predicted octanol–water partition coefficient (Wildman–Crippen LogP) is 3.85. The highest BCUT2D eigenvalue weighted by molar-refractivity contribution is 9.10. The minimum Gasteiger partial charge on any atom is -0.389 e. The fraction of sp³-hybridized carbons (Fsp3) is 0.462. The summed E-state index contributed by atoms with van der Waals surface area (Å²) < 4.78 is 14.7. The normalized spacial score (nSPS) is 11.4. The summed E-state index contributed by atoms with van der Waals surface area (Å²) in [6.07, 6.45) is 0.914. The van der Waals surface area contributed by atoms with E-state index in [2.05, 4.69) is 36.7 Å². The Morgan fingerprint density at radius 3 is 2.50 bits per heavy atom. The lowest BCUT2D eigenvalue weighted by Crippen LogP contribution is -2.41. The summed E-state index contributed by atoms with van der Waals surface area (Å²) >= 11 is 8.10. The number of nitrogens with zero attached hydrogens (tertiary/aromatic N) is 1. The van der Waals surface area contributed by atoms with Crippen LogP contribution in [-0.2, 0) is 0 Å². The molecule has 0 radical (unpaired) electrons. The first-order valence-electron chi connectivity index (χ1n) is 5.74. The molecule has 0 bridgehead atoms. The van der Waals surface area contributed by atoms with Crippen LogP contribution in [0.2, 0.25) is 0 Å². The smallest absolute Gasteiger partial charge is 0.161 e. The summed E-state index contributed by atoms with van der Waals surface area (Å²) in [6, 6.07) is 3.46. The molecule has 1 rings (SSSR count). The van der Waals surface area contributed by atoms with Crippen molar-refractivity contribution >= 4 is 38.8 Å². The van der Waals surface area contributed by atoms with Gasteiger partial charge < -0.3 is 10.6 Å². The van der Waals surface area contributed by atoms with Crippen LogP contribution in [0.3, 0.4) is 0 Å². The molecular formula is C13H18BrFN2S. The van der Waals surface area contributed by atoms with Gasteiger partial charge in [0.1, 0.15) is 4.99 Å². The molecule has 0 aromatic heterocycles. The third-order valence-electron chi connectivity index (χ3n) is 3.46. The molecule has 2 nitrogen and oxygen atoms in total. The minimum absolute atomic E-state index is 0.120. The molecule has 0 fully saturated rings. The van der Waals surface area contributed by atoms with Crippen LogP contribution in [0.4, 0.5) is 10.1 Å². The molecule has 0 amide bonds. The maximum atomic E-state index is 14.3. The Bertz CT molecular complexity index is 474. The second-order valence-electron chi connectivity index (χ2n) is 4.85. The second-order valence-corrected chi connectivity index (χ2v) is 6.08. The highest BCUT2D eigenvalue weighted by Crippen LogP contribution is 2.33. The number of halogens is 2. The Balaban J connectivity index is 3.29. The van der Waals surface area contributed by atoms with E-state index in [1.165, 1.54) is 0 Å². The van der Waals surface area contributed by atoms with Gasteiger partial charge in [-0.1, -0.05) is 19.1 Å². The Morgan fingerprint density at radius 1 is 1.50 bits per heavy atom. The Morgan fingerprint density at radius 2 is 2.06 bits per heavy atom. The molecular weight excluding hydrogens is 315 g/mol. The lowest BCUT2D eigenvalue weighted by atomic mass is 9.99. The van der Waals surface area contributed by atoms with Crippen molar-refractivity contribution in [2.45, 2.75) is 32.7 Å². The zero-order chi connectivity index (χ0) is 14.1. The van der Waals surface area contributed by atoms with E-state index < -0.39 is 0 Å². The van der Waals surface area contributed by atoms with Crippen molar-refractivity contribution in [2.24, 2.45) is 5.73 Å². The molecule has 1 aromatic carbocycles. The average molecular weight is 333 g/mol.